The zero-order valence-electron chi connectivity index (χ0n) is 12.3. The first-order chi connectivity index (χ1) is 10.6. The van der Waals surface area contributed by atoms with Crippen LogP contribution in [-0.2, 0) is 6.54 Å². The Hall–Kier alpha value is -2.59. The van der Waals surface area contributed by atoms with Crippen LogP contribution >= 0.6 is 0 Å². The Kier molecular flexibility index (Phi) is 3.94. The van der Waals surface area contributed by atoms with E-state index in [1.807, 2.05) is 18.2 Å². The Morgan fingerprint density at radius 1 is 1.14 bits per heavy atom. The van der Waals surface area contributed by atoms with Crippen molar-refractivity contribution < 1.29 is 14.8 Å². The van der Waals surface area contributed by atoms with Crippen molar-refractivity contribution in [1.29, 1.82) is 0 Å². The average molecular weight is 296 g/mol. The number of fused-ring (bicyclic) bond motifs is 1. The molecule has 0 saturated carbocycles. The third-order valence-corrected chi connectivity index (χ3v) is 3.83. The number of hydrogen-bond acceptors (Lipinski definition) is 3. The van der Waals surface area contributed by atoms with Crippen molar-refractivity contribution in [3.05, 3.63) is 76.1 Å². The van der Waals surface area contributed by atoms with Gasteiger partial charge in [-0.3, -0.25) is 0 Å². The van der Waals surface area contributed by atoms with Crippen molar-refractivity contribution in [2.45, 2.75) is 19.5 Å². The summed E-state index contributed by atoms with van der Waals surface area (Å²) in [5.74, 6) is 0.0921. The van der Waals surface area contributed by atoms with Crippen LogP contribution in [0.5, 0.6) is 5.75 Å². The highest BCUT2D eigenvalue weighted by Crippen LogP contribution is 2.21. The first-order valence-electron chi connectivity index (χ1n) is 7.27. The molecule has 3 aromatic rings. The van der Waals surface area contributed by atoms with E-state index in [1.54, 1.807) is 12.1 Å². The Labute approximate surface area is 128 Å². The molecular weight excluding hydrogens is 278 g/mol. The van der Waals surface area contributed by atoms with E-state index in [1.165, 1.54) is 17.7 Å². The molecular formula is C18H18NO3+. The number of phenols is 1. The maximum atomic E-state index is 11.7. The minimum atomic E-state index is -0.395. The first kappa shape index (κ1) is 14.4. The molecule has 1 aromatic heterocycles. The molecule has 0 aliphatic rings. The predicted molar refractivity (Wildman–Crippen MR) is 84.6 cm³/mol. The summed E-state index contributed by atoms with van der Waals surface area (Å²) >= 11 is 0. The van der Waals surface area contributed by atoms with E-state index in [-0.39, 0.29) is 5.75 Å². The van der Waals surface area contributed by atoms with Crippen molar-refractivity contribution in [2.75, 3.05) is 0 Å². The van der Waals surface area contributed by atoms with Crippen molar-refractivity contribution in [3.8, 4) is 5.75 Å². The third kappa shape index (κ3) is 3.02. The number of hydrogen-bond donors (Lipinski definition) is 2. The van der Waals surface area contributed by atoms with Gasteiger partial charge in [-0.2, -0.15) is 0 Å². The molecule has 4 nitrogen and oxygen atoms in total. The van der Waals surface area contributed by atoms with Crippen LogP contribution in [0.1, 0.15) is 24.1 Å². The van der Waals surface area contributed by atoms with Crippen molar-refractivity contribution in [2.24, 2.45) is 0 Å². The molecule has 4 heteroatoms. The van der Waals surface area contributed by atoms with Gasteiger partial charge in [-0.15, -0.1) is 0 Å². The normalized spacial score (nSPS) is 12.4. The molecule has 1 atom stereocenters. The molecule has 0 spiro atoms. The Bertz CT molecular complexity index is 840. The number of rotatable bonds is 4. The van der Waals surface area contributed by atoms with Gasteiger partial charge in [-0.1, -0.05) is 30.3 Å². The molecule has 112 valence electrons. The molecule has 0 fully saturated rings. The maximum absolute atomic E-state index is 11.7. The highest BCUT2D eigenvalue weighted by Gasteiger charge is 2.11. The number of phenolic OH excluding ortho intramolecular Hbond substituents is 1. The fourth-order valence-corrected chi connectivity index (χ4v) is 2.58. The molecule has 3 N–H and O–H groups in total. The lowest BCUT2D eigenvalue weighted by molar-refractivity contribution is -0.707. The predicted octanol–water partition coefficient (Wildman–Crippen LogP) is 2.32. The second-order valence-corrected chi connectivity index (χ2v) is 5.41. The maximum Gasteiger partial charge on any atom is 0.336 e. The fourth-order valence-electron chi connectivity index (χ4n) is 2.58. The first-order valence-corrected chi connectivity index (χ1v) is 7.27. The standard InChI is InChI=1S/C18H17NO3/c1-12(13-5-3-2-4-6-13)19-11-14-9-18(21)22-17-10-15(20)7-8-16(14)17/h2-10,12,19-20H,11H2,1H3/p+1/t12-/m1/s1. The molecule has 0 saturated heterocycles. The van der Waals surface area contributed by atoms with Gasteiger partial charge in [0.1, 0.15) is 23.9 Å². The molecule has 0 amide bonds. The molecule has 3 rings (SSSR count). The summed E-state index contributed by atoms with van der Waals surface area (Å²) in [5.41, 5.74) is 2.18. The van der Waals surface area contributed by atoms with E-state index >= 15 is 0 Å². The van der Waals surface area contributed by atoms with Crippen LogP contribution in [0, 0.1) is 0 Å². The second kappa shape index (κ2) is 6.03. The topological polar surface area (TPSA) is 67.0 Å². The zero-order valence-corrected chi connectivity index (χ0v) is 12.3. The van der Waals surface area contributed by atoms with Crippen molar-refractivity contribution in [3.63, 3.8) is 0 Å². The van der Waals surface area contributed by atoms with Gasteiger partial charge in [-0.05, 0) is 19.1 Å². The van der Waals surface area contributed by atoms with Gasteiger partial charge in [0.25, 0.3) is 0 Å². The highest BCUT2D eigenvalue weighted by molar-refractivity contribution is 5.81. The second-order valence-electron chi connectivity index (χ2n) is 5.41. The molecule has 2 aromatic carbocycles. The monoisotopic (exact) mass is 296 g/mol. The summed E-state index contributed by atoms with van der Waals surface area (Å²) in [4.78, 5) is 11.7. The van der Waals surface area contributed by atoms with Crippen LogP contribution in [0.3, 0.4) is 0 Å². The SMILES string of the molecule is C[C@@H]([NH2+]Cc1cc(=O)oc2cc(O)ccc12)c1ccccc1. The summed E-state index contributed by atoms with van der Waals surface area (Å²) in [7, 11) is 0. The molecule has 0 aliphatic carbocycles. The number of nitrogens with two attached hydrogens (primary N) is 1. The van der Waals surface area contributed by atoms with Gasteiger partial charge in [-0.25, -0.2) is 4.79 Å². The van der Waals surface area contributed by atoms with Gasteiger partial charge < -0.3 is 14.8 Å². The van der Waals surface area contributed by atoms with Gasteiger partial charge in [0.15, 0.2) is 0 Å². The summed E-state index contributed by atoms with van der Waals surface area (Å²) in [6.07, 6.45) is 0. The molecule has 22 heavy (non-hydrogen) atoms. The average Bonchev–Trinajstić information content (AvgIpc) is 2.52. The molecule has 0 bridgehead atoms. The summed E-state index contributed by atoms with van der Waals surface area (Å²) in [5, 5.41) is 12.5. The van der Waals surface area contributed by atoms with E-state index in [2.05, 4.69) is 24.4 Å². The van der Waals surface area contributed by atoms with Crippen LogP contribution < -0.4 is 10.9 Å². The van der Waals surface area contributed by atoms with Gasteiger partial charge in [0.2, 0.25) is 0 Å². The van der Waals surface area contributed by atoms with Crippen LogP contribution in [0.2, 0.25) is 0 Å². The highest BCUT2D eigenvalue weighted by atomic mass is 16.4. The Balaban J connectivity index is 1.86. The number of quaternary nitrogens is 1. The summed E-state index contributed by atoms with van der Waals surface area (Å²) in [6.45, 7) is 2.80. The molecule has 0 radical (unpaired) electrons. The quantitative estimate of drug-likeness (QED) is 0.726. The Morgan fingerprint density at radius 3 is 2.68 bits per heavy atom. The lowest BCUT2D eigenvalue weighted by Crippen LogP contribution is -2.83. The minimum Gasteiger partial charge on any atom is -0.508 e. The van der Waals surface area contributed by atoms with Crippen LogP contribution in [0.15, 0.2) is 63.8 Å². The zero-order chi connectivity index (χ0) is 15.5. The van der Waals surface area contributed by atoms with Crippen molar-refractivity contribution in [1.82, 2.24) is 0 Å². The summed E-state index contributed by atoms with van der Waals surface area (Å²) in [6, 6.07) is 16.9. The largest absolute Gasteiger partial charge is 0.508 e. The lowest BCUT2D eigenvalue weighted by Gasteiger charge is -2.12. The van der Waals surface area contributed by atoms with Gasteiger partial charge in [0, 0.05) is 28.6 Å². The lowest BCUT2D eigenvalue weighted by atomic mass is 10.1. The van der Waals surface area contributed by atoms with Crippen LogP contribution in [-0.4, -0.2) is 5.11 Å². The third-order valence-electron chi connectivity index (χ3n) is 3.83. The van der Waals surface area contributed by atoms with Gasteiger partial charge in [0.05, 0.1) is 0 Å². The van der Waals surface area contributed by atoms with E-state index in [9.17, 15) is 9.90 Å². The smallest absolute Gasteiger partial charge is 0.336 e. The van der Waals surface area contributed by atoms with E-state index in [4.69, 9.17) is 4.42 Å². The van der Waals surface area contributed by atoms with Crippen molar-refractivity contribution >= 4 is 11.0 Å². The molecule has 0 aliphatic heterocycles. The Morgan fingerprint density at radius 2 is 1.91 bits per heavy atom. The summed E-state index contributed by atoms with van der Waals surface area (Å²) < 4.78 is 5.15. The van der Waals surface area contributed by atoms with Gasteiger partial charge >= 0.3 is 5.63 Å². The van der Waals surface area contributed by atoms with E-state index < -0.39 is 5.63 Å². The molecule has 1 heterocycles. The number of benzene rings is 2. The number of aromatic hydroxyl groups is 1. The van der Waals surface area contributed by atoms with E-state index in [0.29, 0.717) is 18.2 Å². The fraction of sp³-hybridized carbons (Fsp3) is 0.167. The van der Waals surface area contributed by atoms with E-state index in [0.717, 1.165) is 10.9 Å². The van der Waals surface area contributed by atoms with Crippen LogP contribution in [0.4, 0.5) is 0 Å². The minimum absolute atomic E-state index is 0.0921. The molecule has 0 unspecified atom stereocenters. The van der Waals surface area contributed by atoms with Crippen LogP contribution in [0.25, 0.3) is 11.0 Å².